The summed E-state index contributed by atoms with van der Waals surface area (Å²) in [5.74, 6) is 0. The number of halogens is 1. The van der Waals surface area contributed by atoms with Crippen LogP contribution < -0.4 is 5.32 Å². The van der Waals surface area contributed by atoms with Crippen molar-refractivity contribution in [1.29, 1.82) is 0 Å². The van der Waals surface area contributed by atoms with Crippen molar-refractivity contribution in [2.45, 2.75) is 40.2 Å². The minimum Gasteiger partial charge on any atom is -0.310 e. The molecule has 1 nitrogen and oxygen atoms in total. The number of rotatable bonds is 4. The van der Waals surface area contributed by atoms with Crippen LogP contribution in [0.25, 0.3) is 0 Å². The highest BCUT2D eigenvalue weighted by Crippen LogP contribution is 2.20. The third-order valence-electron chi connectivity index (χ3n) is 2.67. The normalized spacial score (nSPS) is 13.8. The molecule has 0 aromatic heterocycles. The summed E-state index contributed by atoms with van der Waals surface area (Å²) < 4.78 is 1.15. The van der Waals surface area contributed by atoms with Crippen molar-refractivity contribution >= 4 is 15.9 Å². The van der Waals surface area contributed by atoms with E-state index < -0.39 is 0 Å². The molecule has 16 heavy (non-hydrogen) atoms. The predicted molar refractivity (Wildman–Crippen MR) is 74.6 cm³/mol. The number of hydrogen-bond donors (Lipinski definition) is 1. The van der Waals surface area contributed by atoms with Crippen molar-refractivity contribution in [3.05, 3.63) is 34.3 Å². The van der Waals surface area contributed by atoms with Gasteiger partial charge in [0.1, 0.15) is 0 Å². The fourth-order valence-corrected chi connectivity index (χ4v) is 1.97. The molecule has 0 heterocycles. The fourth-order valence-electron chi connectivity index (χ4n) is 1.56. The Labute approximate surface area is 108 Å². The first-order chi connectivity index (χ1) is 7.38. The van der Waals surface area contributed by atoms with Gasteiger partial charge in [-0.25, -0.2) is 0 Å². The zero-order chi connectivity index (χ0) is 12.2. The molecule has 90 valence electrons. The summed E-state index contributed by atoms with van der Waals surface area (Å²) in [5, 5.41) is 3.56. The molecule has 0 aliphatic heterocycles. The maximum Gasteiger partial charge on any atom is 0.0292 e. The van der Waals surface area contributed by atoms with Gasteiger partial charge in [0.05, 0.1) is 0 Å². The zero-order valence-corrected chi connectivity index (χ0v) is 12.3. The van der Waals surface area contributed by atoms with E-state index in [0.717, 1.165) is 11.0 Å². The van der Waals surface area contributed by atoms with Crippen molar-refractivity contribution in [2.75, 3.05) is 6.54 Å². The first-order valence-electron chi connectivity index (χ1n) is 5.87. The maximum absolute atomic E-state index is 3.56. The Balaban J connectivity index is 2.44. The van der Waals surface area contributed by atoms with Crippen molar-refractivity contribution in [3.63, 3.8) is 0 Å². The van der Waals surface area contributed by atoms with Crippen molar-refractivity contribution in [3.8, 4) is 0 Å². The molecule has 1 aromatic rings. The highest BCUT2D eigenvalue weighted by atomic mass is 79.9. The van der Waals surface area contributed by atoms with E-state index in [4.69, 9.17) is 0 Å². The molecule has 1 aromatic carbocycles. The van der Waals surface area contributed by atoms with Crippen molar-refractivity contribution in [2.24, 2.45) is 5.41 Å². The second-order valence-corrected chi connectivity index (χ2v) is 6.46. The van der Waals surface area contributed by atoms with Gasteiger partial charge in [-0.15, -0.1) is 0 Å². The lowest BCUT2D eigenvalue weighted by molar-refractivity contribution is 0.358. The van der Waals surface area contributed by atoms with Gasteiger partial charge in [-0.05, 0) is 43.0 Å². The summed E-state index contributed by atoms with van der Waals surface area (Å²) in [6, 6.07) is 8.90. The molecular weight excluding hydrogens is 262 g/mol. The first kappa shape index (κ1) is 13.7. The average molecular weight is 284 g/mol. The molecule has 1 atom stereocenters. The summed E-state index contributed by atoms with van der Waals surface area (Å²) in [6.07, 6.45) is 1.20. The number of nitrogens with one attached hydrogen (secondary N) is 1. The minimum atomic E-state index is 0.407. The zero-order valence-electron chi connectivity index (χ0n) is 10.7. The van der Waals surface area contributed by atoms with Crippen LogP contribution in [0, 0.1) is 5.41 Å². The van der Waals surface area contributed by atoms with Gasteiger partial charge in [0.15, 0.2) is 0 Å². The van der Waals surface area contributed by atoms with Crippen LogP contribution in [-0.2, 0) is 0 Å². The van der Waals surface area contributed by atoms with Crippen LogP contribution in [-0.4, -0.2) is 6.54 Å². The lowest BCUT2D eigenvalue weighted by atomic mass is 9.92. The maximum atomic E-state index is 3.56. The monoisotopic (exact) mass is 283 g/mol. The quantitative estimate of drug-likeness (QED) is 0.856. The van der Waals surface area contributed by atoms with E-state index in [1.54, 1.807) is 0 Å². The van der Waals surface area contributed by atoms with Crippen LogP contribution in [0.5, 0.6) is 0 Å². The molecule has 0 saturated heterocycles. The Bertz CT molecular complexity index is 328. The largest absolute Gasteiger partial charge is 0.310 e. The van der Waals surface area contributed by atoms with Crippen LogP contribution in [0.15, 0.2) is 28.7 Å². The molecule has 0 saturated carbocycles. The van der Waals surface area contributed by atoms with Crippen molar-refractivity contribution in [1.82, 2.24) is 5.32 Å². The lowest BCUT2D eigenvalue weighted by Gasteiger charge is -2.21. The third-order valence-corrected chi connectivity index (χ3v) is 3.17. The van der Waals surface area contributed by atoms with E-state index in [9.17, 15) is 0 Å². The second-order valence-electron chi connectivity index (χ2n) is 5.54. The Morgan fingerprint density at radius 3 is 2.56 bits per heavy atom. The molecule has 1 N–H and O–H groups in total. The van der Waals surface area contributed by atoms with Gasteiger partial charge < -0.3 is 5.32 Å². The summed E-state index contributed by atoms with van der Waals surface area (Å²) in [5.41, 5.74) is 1.74. The summed E-state index contributed by atoms with van der Waals surface area (Å²) in [4.78, 5) is 0. The average Bonchev–Trinajstić information content (AvgIpc) is 2.15. The molecule has 1 rings (SSSR count). The standard InChI is InChI=1S/C14H22BrN/c1-11(16-9-8-14(2,3)4)12-6-5-7-13(15)10-12/h5-7,10-11,16H,8-9H2,1-4H3/t11-/m1/s1. The molecule has 0 bridgehead atoms. The van der Waals surface area contributed by atoms with Gasteiger partial charge in [0, 0.05) is 10.5 Å². The van der Waals surface area contributed by atoms with Gasteiger partial charge in [-0.2, -0.15) is 0 Å². The molecule has 0 unspecified atom stereocenters. The van der Waals surface area contributed by atoms with Gasteiger partial charge in [0.2, 0.25) is 0 Å². The summed E-state index contributed by atoms with van der Waals surface area (Å²) in [6.45, 7) is 10.1. The smallest absolute Gasteiger partial charge is 0.0292 e. The van der Waals surface area contributed by atoms with Crippen LogP contribution in [0.1, 0.15) is 45.7 Å². The van der Waals surface area contributed by atoms with E-state index >= 15 is 0 Å². The number of benzene rings is 1. The van der Waals surface area contributed by atoms with Gasteiger partial charge in [-0.3, -0.25) is 0 Å². The second kappa shape index (κ2) is 5.83. The van der Waals surface area contributed by atoms with Crippen LogP contribution >= 0.6 is 15.9 Å². The predicted octanol–water partition coefficient (Wildman–Crippen LogP) is 4.54. The van der Waals surface area contributed by atoms with Crippen LogP contribution in [0.2, 0.25) is 0 Å². The Morgan fingerprint density at radius 2 is 2.00 bits per heavy atom. The molecule has 0 aliphatic carbocycles. The minimum absolute atomic E-state index is 0.407. The van der Waals surface area contributed by atoms with Crippen molar-refractivity contribution < 1.29 is 0 Å². The summed E-state index contributed by atoms with van der Waals surface area (Å²) in [7, 11) is 0. The SMILES string of the molecule is C[C@@H](NCCC(C)(C)C)c1cccc(Br)c1. The highest BCUT2D eigenvalue weighted by molar-refractivity contribution is 9.10. The van der Waals surface area contributed by atoms with Crippen LogP contribution in [0.3, 0.4) is 0 Å². The molecule has 0 spiro atoms. The van der Waals surface area contributed by atoms with Crippen LogP contribution in [0.4, 0.5) is 0 Å². The lowest BCUT2D eigenvalue weighted by Crippen LogP contribution is -2.23. The first-order valence-corrected chi connectivity index (χ1v) is 6.67. The Morgan fingerprint density at radius 1 is 1.31 bits per heavy atom. The highest BCUT2D eigenvalue weighted by Gasteiger charge is 2.11. The number of hydrogen-bond acceptors (Lipinski definition) is 1. The molecule has 0 aliphatic rings. The summed E-state index contributed by atoms with van der Waals surface area (Å²) >= 11 is 3.50. The van der Waals surface area contributed by atoms with Gasteiger partial charge in [-0.1, -0.05) is 48.8 Å². The van der Waals surface area contributed by atoms with E-state index in [2.05, 4.69) is 73.2 Å². The van der Waals surface area contributed by atoms with E-state index in [-0.39, 0.29) is 0 Å². The van der Waals surface area contributed by atoms with Gasteiger partial charge >= 0.3 is 0 Å². The molecule has 2 heteroatoms. The van der Waals surface area contributed by atoms with E-state index in [1.807, 2.05) is 0 Å². The third kappa shape index (κ3) is 5.13. The topological polar surface area (TPSA) is 12.0 Å². The molecule has 0 radical (unpaired) electrons. The Kier molecular flexibility index (Phi) is 5.00. The van der Waals surface area contributed by atoms with E-state index in [0.29, 0.717) is 11.5 Å². The molecule has 0 fully saturated rings. The molecular formula is C14H22BrN. The van der Waals surface area contributed by atoms with E-state index in [1.165, 1.54) is 12.0 Å². The van der Waals surface area contributed by atoms with Gasteiger partial charge in [0.25, 0.3) is 0 Å². The Hall–Kier alpha value is -0.340. The fraction of sp³-hybridized carbons (Fsp3) is 0.571. The molecule has 0 amide bonds.